The molecule has 19 heavy (non-hydrogen) atoms. The first-order chi connectivity index (χ1) is 8.91. The van der Waals surface area contributed by atoms with Gasteiger partial charge in [-0.2, -0.15) is 0 Å². The quantitative estimate of drug-likeness (QED) is 0.461. The molecule has 2 aromatic carbocycles. The molecule has 0 amide bonds. The van der Waals surface area contributed by atoms with Gasteiger partial charge in [-0.15, -0.1) is 0 Å². The Kier molecular flexibility index (Phi) is 3.57. The van der Waals surface area contributed by atoms with Crippen LogP contribution in [0.15, 0.2) is 30.3 Å². The molecule has 0 unspecified atom stereocenters. The monoisotopic (exact) mass is 288 g/mol. The van der Waals surface area contributed by atoms with E-state index in [1.165, 1.54) is 6.07 Å². The fraction of sp³-hybridized carbons (Fsp3) is 0. The van der Waals surface area contributed by atoms with Crippen LogP contribution in [0.2, 0.25) is 5.02 Å². The number of carbonyl (C=O) groups is 1. The highest BCUT2D eigenvalue weighted by atomic mass is 35.5. The van der Waals surface area contributed by atoms with Crippen LogP contribution >= 0.6 is 11.6 Å². The van der Waals surface area contributed by atoms with Gasteiger partial charge in [0.2, 0.25) is 0 Å². The first-order valence-electron chi connectivity index (χ1n) is 5.05. The Bertz CT molecular complexity index is 670. The second-order valence-corrected chi connectivity index (χ2v) is 4.05. The number of hydrogen-bond acceptors (Lipinski definition) is 1. The van der Waals surface area contributed by atoms with Crippen LogP contribution in [0.1, 0.15) is 15.9 Å². The molecule has 0 saturated carbocycles. The molecule has 0 aromatic heterocycles. The second kappa shape index (κ2) is 5.01. The molecular formula is C13H5ClF4O. The summed E-state index contributed by atoms with van der Waals surface area (Å²) in [7, 11) is 0. The van der Waals surface area contributed by atoms with E-state index in [1.807, 2.05) is 0 Å². The Labute approximate surface area is 110 Å². The summed E-state index contributed by atoms with van der Waals surface area (Å²) < 4.78 is 52.4. The molecule has 0 N–H and O–H groups in total. The largest absolute Gasteiger partial charge is 0.288 e. The van der Waals surface area contributed by atoms with Gasteiger partial charge in [-0.05, 0) is 18.2 Å². The zero-order valence-corrected chi connectivity index (χ0v) is 9.94. The van der Waals surface area contributed by atoms with Crippen LogP contribution in [0.3, 0.4) is 0 Å². The van der Waals surface area contributed by atoms with E-state index in [0.29, 0.717) is 6.07 Å². The zero-order valence-electron chi connectivity index (χ0n) is 9.18. The average molecular weight is 289 g/mol. The van der Waals surface area contributed by atoms with Crippen molar-refractivity contribution in [2.45, 2.75) is 0 Å². The predicted molar refractivity (Wildman–Crippen MR) is 61.2 cm³/mol. The van der Waals surface area contributed by atoms with Crippen molar-refractivity contribution in [2.24, 2.45) is 0 Å². The minimum Gasteiger partial charge on any atom is -0.288 e. The lowest BCUT2D eigenvalue weighted by molar-refractivity contribution is 0.103. The molecule has 0 fully saturated rings. The molecule has 0 spiro atoms. The Hall–Kier alpha value is -1.88. The maximum absolute atomic E-state index is 13.4. The number of rotatable bonds is 2. The second-order valence-electron chi connectivity index (χ2n) is 3.68. The van der Waals surface area contributed by atoms with Crippen LogP contribution in [-0.4, -0.2) is 5.78 Å². The maximum Gasteiger partial charge on any atom is 0.197 e. The zero-order chi connectivity index (χ0) is 14.2. The van der Waals surface area contributed by atoms with Crippen molar-refractivity contribution in [3.05, 3.63) is 69.8 Å². The minimum absolute atomic E-state index is 0.246. The van der Waals surface area contributed by atoms with E-state index in [2.05, 4.69) is 0 Å². The Morgan fingerprint density at radius 2 is 1.47 bits per heavy atom. The SMILES string of the molecule is O=C(c1cc(F)c(F)cc1F)c1cccc(F)c1Cl. The smallest absolute Gasteiger partial charge is 0.197 e. The van der Waals surface area contributed by atoms with Crippen molar-refractivity contribution in [3.8, 4) is 0 Å². The van der Waals surface area contributed by atoms with Crippen LogP contribution in [0, 0.1) is 23.3 Å². The minimum atomic E-state index is -1.42. The molecule has 6 heteroatoms. The third-order valence-corrected chi connectivity index (χ3v) is 2.83. The predicted octanol–water partition coefficient (Wildman–Crippen LogP) is 4.13. The molecule has 2 aromatic rings. The topological polar surface area (TPSA) is 17.1 Å². The van der Waals surface area contributed by atoms with Gasteiger partial charge in [-0.3, -0.25) is 4.79 Å². The molecule has 0 saturated heterocycles. The van der Waals surface area contributed by atoms with E-state index in [9.17, 15) is 22.4 Å². The summed E-state index contributed by atoms with van der Waals surface area (Å²) in [4.78, 5) is 11.9. The van der Waals surface area contributed by atoms with E-state index < -0.39 is 39.6 Å². The van der Waals surface area contributed by atoms with Gasteiger partial charge in [0.15, 0.2) is 17.4 Å². The number of ketones is 1. The van der Waals surface area contributed by atoms with Gasteiger partial charge in [0.1, 0.15) is 11.6 Å². The summed E-state index contributed by atoms with van der Waals surface area (Å²) >= 11 is 5.58. The van der Waals surface area contributed by atoms with Gasteiger partial charge in [-0.1, -0.05) is 17.7 Å². The van der Waals surface area contributed by atoms with Crippen molar-refractivity contribution in [2.75, 3.05) is 0 Å². The van der Waals surface area contributed by atoms with Gasteiger partial charge in [0, 0.05) is 11.6 Å². The Balaban J connectivity index is 2.56. The average Bonchev–Trinajstić information content (AvgIpc) is 2.36. The van der Waals surface area contributed by atoms with Crippen molar-refractivity contribution >= 4 is 17.4 Å². The van der Waals surface area contributed by atoms with Crippen LogP contribution < -0.4 is 0 Å². The molecule has 1 nitrogen and oxygen atoms in total. The summed E-state index contributed by atoms with van der Waals surface area (Å²) in [5.41, 5.74) is -1.04. The van der Waals surface area contributed by atoms with Crippen LogP contribution in [0.4, 0.5) is 17.6 Å². The molecule has 0 aliphatic heterocycles. The molecule has 0 radical (unpaired) electrons. The fourth-order valence-corrected chi connectivity index (χ4v) is 1.73. The van der Waals surface area contributed by atoms with Gasteiger partial charge < -0.3 is 0 Å². The Morgan fingerprint density at radius 3 is 2.16 bits per heavy atom. The molecule has 98 valence electrons. The maximum atomic E-state index is 13.4. The standard InChI is InChI=1S/C13H5ClF4O/c14-12-6(2-1-3-8(12)15)13(19)7-4-10(17)11(18)5-9(7)16/h1-5H. The summed E-state index contributed by atoms with van der Waals surface area (Å²) in [6, 6.07) is 4.03. The lowest BCUT2D eigenvalue weighted by Gasteiger charge is -2.06. The van der Waals surface area contributed by atoms with Crippen LogP contribution in [-0.2, 0) is 0 Å². The fourth-order valence-electron chi connectivity index (χ4n) is 1.52. The number of halogens is 5. The number of hydrogen-bond donors (Lipinski definition) is 0. The highest BCUT2D eigenvalue weighted by Gasteiger charge is 2.21. The van der Waals surface area contributed by atoms with Gasteiger partial charge in [-0.25, -0.2) is 17.6 Å². The first-order valence-corrected chi connectivity index (χ1v) is 5.43. The lowest BCUT2D eigenvalue weighted by Crippen LogP contribution is -2.07. The van der Waals surface area contributed by atoms with E-state index >= 15 is 0 Å². The van der Waals surface area contributed by atoms with Crippen LogP contribution in [0.25, 0.3) is 0 Å². The number of benzene rings is 2. The van der Waals surface area contributed by atoms with E-state index in [4.69, 9.17) is 11.6 Å². The highest BCUT2D eigenvalue weighted by Crippen LogP contribution is 2.24. The van der Waals surface area contributed by atoms with E-state index in [1.54, 1.807) is 0 Å². The molecule has 2 rings (SSSR count). The van der Waals surface area contributed by atoms with Crippen molar-refractivity contribution in [1.29, 1.82) is 0 Å². The highest BCUT2D eigenvalue weighted by molar-refractivity contribution is 6.35. The van der Waals surface area contributed by atoms with Crippen molar-refractivity contribution in [3.63, 3.8) is 0 Å². The first kappa shape index (κ1) is 13.5. The van der Waals surface area contributed by atoms with Crippen molar-refractivity contribution in [1.82, 2.24) is 0 Å². The molecule has 0 heterocycles. The molecule has 0 aliphatic rings. The molecule has 0 aliphatic carbocycles. The molecule has 0 atom stereocenters. The van der Waals surface area contributed by atoms with Gasteiger partial charge in [0.25, 0.3) is 0 Å². The molecule has 0 bridgehead atoms. The summed E-state index contributed by atoms with van der Waals surface area (Å²) in [6.07, 6.45) is 0. The van der Waals surface area contributed by atoms with E-state index in [-0.39, 0.29) is 11.6 Å². The Morgan fingerprint density at radius 1 is 0.842 bits per heavy atom. The third-order valence-electron chi connectivity index (χ3n) is 2.45. The summed E-state index contributed by atoms with van der Waals surface area (Å²) in [5.74, 6) is -5.93. The molecular weight excluding hydrogens is 284 g/mol. The lowest BCUT2D eigenvalue weighted by atomic mass is 10.0. The van der Waals surface area contributed by atoms with E-state index in [0.717, 1.165) is 12.1 Å². The van der Waals surface area contributed by atoms with Gasteiger partial charge >= 0.3 is 0 Å². The van der Waals surface area contributed by atoms with Gasteiger partial charge in [0.05, 0.1) is 10.6 Å². The summed E-state index contributed by atoms with van der Waals surface area (Å²) in [5, 5.41) is -0.503. The third kappa shape index (κ3) is 2.46. The summed E-state index contributed by atoms with van der Waals surface area (Å²) in [6.45, 7) is 0. The van der Waals surface area contributed by atoms with Crippen LogP contribution in [0.5, 0.6) is 0 Å². The number of carbonyl (C=O) groups excluding carboxylic acids is 1. The normalized spacial score (nSPS) is 10.6. The van der Waals surface area contributed by atoms with Crippen molar-refractivity contribution < 1.29 is 22.4 Å².